The van der Waals surface area contributed by atoms with Gasteiger partial charge in [-0.3, -0.25) is 9.59 Å². The van der Waals surface area contributed by atoms with E-state index in [9.17, 15) is 9.59 Å². The Bertz CT molecular complexity index is 615. The number of carbonyl (C=O) groups excluding carboxylic acids is 1. The van der Waals surface area contributed by atoms with Crippen molar-refractivity contribution in [2.45, 2.75) is 25.7 Å². The molecule has 0 heterocycles. The molecule has 0 spiro atoms. The summed E-state index contributed by atoms with van der Waals surface area (Å²) in [5.74, 6) is -0.557. The number of carboxylic acids is 1. The molecule has 7 heteroatoms. The molecule has 1 aliphatic rings. The van der Waals surface area contributed by atoms with E-state index in [1.807, 2.05) is 0 Å². The van der Waals surface area contributed by atoms with Crippen LogP contribution in [0.3, 0.4) is 0 Å². The summed E-state index contributed by atoms with van der Waals surface area (Å²) in [7, 11) is 4.49. The highest BCUT2D eigenvalue weighted by Gasteiger charge is 2.31. The number of carboxylic acid groups (broad SMARTS) is 1. The van der Waals surface area contributed by atoms with Gasteiger partial charge >= 0.3 is 5.97 Å². The van der Waals surface area contributed by atoms with Gasteiger partial charge in [0.15, 0.2) is 11.5 Å². The van der Waals surface area contributed by atoms with Gasteiger partial charge in [-0.25, -0.2) is 0 Å². The third-order valence-electron chi connectivity index (χ3n) is 4.36. The van der Waals surface area contributed by atoms with Gasteiger partial charge in [0.05, 0.1) is 32.9 Å². The predicted molar refractivity (Wildman–Crippen MR) is 87.8 cm³/mol. The fourth-order valence-electron chi connectivity index (χ4n) is 3.09. The average Bonchev–Trinajstić information content (AvgIpc) is 2.61. The lowest BCUT2D eigenvalue weighted by atomic mass is 9.81. The second kappa shape index (κ2) is 7.90. The maximum absolute atomic E-state index is 12.5. The average molecular weight is 337 g/mol. The zero-order valence-electron chi connectivity index (χ0n) is 14.1. The summed E-state index contributed by atoms with van der Waals surface area (Å²) in [5.41, 5.74) is 0.470. The number of nitrogens with one attached hydrogen (secondary N) is 1. The number of hydrogen-bond acceptors (Lipinski definition) is 5. The lowest BCUT2D eigenvalue weighted by Crippen LogP contribution is -2.31. The highest BCUT2D eigenvalue weighted by Crippen LogP contribution is 2.43. The second-order valence-electron chi connectivity index (χ2n) is 5.77. The minimum absolute atomic E-state index is 0.202. The number of rotatable bonds is 6. The Hall–Kier alpha value is -2.44. The normalized spacial score (nSPS) is 20.1. The Labute approximate surface area is 140 Å². The molecule has 1 aromatic carbocycles. The number of aliphatic carboxylic acids is 1. The van der Waals surface area contributed by atoms with E-state index in [1.54, 1.807) is 12.1 Å². The van der Waals surface area contributed by atoms with Crippen molar-refractivity contribution in [3.63, 3.8) is 0 Å². The van der Waals surface area contributed by atoms with Crippen molar-refractivity contribution in [1.82, 2.24) is 0 Å². The monoisotopic (exact) mass is 337 g/mol. The molecule has 0 aliphatic heterocycles. The summed E-state index contributed by atoms with van der Waals surface area (Å²) < 4.78 is 15.9. The molecule has 1 saturated carbocycles. The number of amides is 1. The van der Waals surface area contributed by atoms with Crippen molar-refractivity contribution in [2.24, 2.45) is 11.8 Å². The van der Waals surface area contributed by atoms with Gasteiger partial charge in [-0.2, -0.15) is 0 Å². The Kier molecular flexibility index (Phi) is 5.89. The quantitative estimate of drug-likeness (QED) is 0.828. The highest BCUT2D eigenvalue weighted by molar-refractivity contribution is 5.95. The van der Waals surface area contributed by atoms with Crippen LogP contribution in [-0.2, 0) is 9.59 Å². The minimum atomic E-state index is -0.837. The van der Waals surface area contributed by atoms with Gasteiger partial charge in [0.25, 0.3) is 0 Å². The van der Waals surface area contributed by atoms with Crippen LogP contribution in [0.5, 0.6) is 17.2 Å². The van der Waals surface area contributed by atoms with Crippen LogP contribution in [0.2, 0.25) is 0 Å². The second-order valence-corrected chi connectivity index (χ2v) is 5.77. The number of benzene rings is 1. The molecule has 2 unspecified atom stereocenters. The van der Waals surface area contributed by atoms with E-state index in [0.29, 0.717) is 42.2 Å². The van der Waals surface area contributed by atoms with Crippen molar-refractivity contribution < 1.29 is 28.9 Å². The van der Waals surface area contributed by atoms with Crippen LogP contribution in [0.15, 0.2) is 12.1 Å². The summed E-state index contributed by atoms with van der Waals surface area (Å²) >= 11 is 0. The van der Waals surface area contributed by atoms with Crippen molar-refractivity contribution in [3.8, 4) is 17.2 Å². The smallest absolute Gasteiger partial charge is 0.306 e. The van der Waals surface area contributed by atoms with Gasteiger partial charge in [-0.1, -0.05) is 6.42 Å². The molecule has 1 aromatic rings. The fraction of sp³-hybridized carbons (Fsp3) is 0.529. The van der Waals surface area contributed by atoms with Crippen LogP contribution < -0.4 is 19.5 Å². The Balaban J connectivity index is 2.18. The number of hydrogen-bond donors (Lipinski definition) is 2. The van der Waals surface area contributed by atoms with Crippen molar-refractivity contribution in [2.75, 3.05) is 26.6 Å². The van der Waals surface area contributed by atoms with Gasteiger partial charge in [0.2, 0.25) is 11.7 Å². The van der Waals surface area contributed by atoms with Crippen LogP contribution in [0, 0.1) is 11.8 Å². The van der Waals surface area contributed by atoms with Gasteiger partial charge in [-0.05, 0) is 31.4 Å². The molecule has 2 rings (SSSR count). The molecular weight excluding hydrogens is 314 g/mol. The zero-order chi connectivity index (χ0) is 17.7. The predicted octanol–water partition coefficient (Wildman–Crippen LogP) is 2.54. The van der Waals surface area contributed by atoms with Crippen LogP contribution in [-0.4, -0.2) is 38.3 Å². The lowest BCUT2D eigenvalue weighted by molar-refractivity contribution is -0.143. The number of anilines is 1. The molecule has 2 N–H and O–H groups in total. The van der Waals surface area contributed by atoms with E-state index in [0.717, 1.165) is 6.42 Å². The van der Waals surface area contributed by atoms with Crippen LogP contribution in [0.25, 0.3) is 0 Å². The van der Waals surface area contributed by atoms with Gasteiger partial charge in [0.1, 0.15) is 0 Å². The summed E-state index contributed by atoms with van der Waals surface area (Å²) in [6.45, 7) is 0. The first-order valence-corrected chi connectivity index (χ1v) is 7.84. The zero-order valence-corrected chi connectivity index (χ0v) is 14.1. The Morgan fingerprint density at radius 1 is 1.04 bits per heavy atom. The van der Waals surface area contributed by atoms with Crippen molar-refractivity contribution in [1.29, 1.82) is 0 Å². The number of carbonyl (C=O) groups is 2. The molecule has 0 bridgehead atoms. The van der Waals surface area contributed by atoms with E-state index >= 15 is 0 Å². The minimum Gasteiger partial charge on any atom is -0.493 e. The first-order valence-electron chi connectivity index (χ1n) is 7.84. The van der Waals surface area contributed by atoms with Crippen molar-refractivity contribution >= 4 is 17.6 Å². The van der Waals surface area contributed by atoms with Crippen LogP contribution >= 0.6 is 0 Å². The summed E-state index contributed by atoms with van der Waals surface area (Å²) in [6, 6.07) is 3.35. The largest absolute Gasteiger partial charge is 0.493 e. The first kappa shape index (κ1) is 17.9. The molecule has 0 aromatic heterocycles. The van der Waals surface area contributed by atoms with E-state index in [-0.39, 0.29) is 11.8 Å². The first-order chi connectivity index (χ1) is 11.5. The molecule has 0 radical (unpaired) electrons. The van der Waals surface area contributed by atoms with Gasteiger partial charge in [0, 0.05) is 5.92 Å². The molecule has 1 amide bonds. The van der Waals surface area contributed by atoms with Crippen molar-refractivity contribution in [3.05, 3.63) is 12.1 Å². The third kappa shape index (κ3) is 3.72. The van der Waals surface area contributed by atoms with E-state index in [1.165, 1.54) is 21.3 Å². The molecular formula is C17H23NO6. The molecule has 7 nitrogen and oxygen atoms in total. The molecule has 1 aliphatic carbocycles. The van der Waals surface area contributed by atoms with Gasteiger partial charge in [-0.15, -0.1) is 0 Å². The molecule has 2 atom stereocenters. The standard InChI is InChI=1S/C17H23NO6/c1-22-13-8-7-12(14(23-2)15(13)24-3)18-16(19)10-5-4-6-11(9-10)17(20)21/h7-8,10-11H,4-6,9H2,1-3H3,(H,18,19)(H,20,21). The number of methoxy groups -OCH3 is 3. The molecule has 1 fully saturated rings. The molecule has 0 saturated heterocycles. The highest BCUT2D eigenvalue weighted by atomic mass is 16.5. The van der Waals surface area contributed by atoms with E-state index in [2.05, 4.69) is 5.32 Å². The summed E-state index contributed by atoms with van der Waals surface area (Å²) in [6.07, 6.45) is 2.40. The SMILES string of the molecule is COc1ccc(NC(=O)C2CCCC(C(=O)O)C2)c(OC)c1OC. The summed E-state index contributed by atoms with van der Waals surface area (Å²) in [4.78, 5) is 23.7. The Morgan fingerprint density at radius 3 is 2.29 bits per heavy atom. The van der Waals surface area contributed by atoms with E-state index in [4.69, 9.17) is 19.3 Å². The summed E-state index contributed by atoms with van der Waals surface area (Å²) in [5, 5.41) is 12.0. The van der Waals surface area contributed by atoms with E-state index < -0.39 is 11.9 Å². The lowest BCUT2D eigenvalue weighted by Gasteiger charge is -2.26. The maximum atomic E-state index is 12.5. The Morgan fingerprint density at radius 2 is 1.71 bits per heavy atom. The van der Waals surface area contributed by atoms with Gasteiger partial charge < -0.3 is 24.6 Å². The van der Waals surface area contributed by atoms with Crippen LogP contribution in [0.4, 0.5) is 5.69 Å². The topological polar surface area (TPSA) is 94.1 Å². The van der Waals surface area contributed by atoms with Crippen LogP contribution in [0.1, 0.15) is 25.7 Å². The molecule has 24 heavy (non-hydrogen) atoms. The third-order valence-corrected chi connectivity index (χ3v) is 4.36. The number of ether oxygens (including phenoxy) is 3. The maximum Gasteiger partial charge on any atom is 0.306 e. The molecule has 132 valence electrons. The fourth-order valence-corrected chi connectivity index (χ4v) is 3.09.